The van der Waals surface area contributed by atoms with Gasteiger partial charge in [0.25, 0.3) is 5.91 Å². The number of esters is 1. The van der Waals surface area contributed by atoms with Crippen molar-refractivity contribution in [2.45, 2.75) is 20.3 Å². The van der Waals surface area contributed by atoms with Gasteiger partial charge < -0.3 is 10.1 Å². The van der Waals surface area contributed by atoms with E-state index in [1.54, 1.807) is 12.1 Å². The molecule has 1 heterocycles. The van der Waals surface area contributed by atoms with Crippen molar-refractivity contribution >= 4 is 27.8 Å². The third-order valence-electron chi connectivity index (χ3n) is 2.46. The summed E-state index contributed by atoms with van der Waals surface area (Å²) in [4.78, 5) is 27.3. The summed E-state index contributed by atoms with van der Waals surface area (Å²) in [7, 11) is 1.27. The van der Waals surface area contributed by atoms with Crippen LogP contribution in [0.1, 0.15) is 41.2 Å². The molecular formula is C13H17BrN2O3. The summed E-state index contributed by atoms with van der Waals surface area (Å²) in [6.07, 6.45) is 0.895. The normalized spacial score (nSPS) is 10.4. The van der Waals surface area contributed by atoms with Crippen molar-refractivity contribution in [3.8, 4) is 0 Å². The van der Waals surface area contributed by atoms with Gasteiger partial charge in [0.1, 0.15) is 5.69 Å². The number of ether oxygens (including phenoxy) is 1. The molecule has 19 heavy (non-hydrogen) atoms. The van der Waals surface area contributed by atoms with Crippen LogP contribution in [-0.2, 0) is 4.74 Å². The summed E-state index contributed by atoms with van der Waals surface area (Å²) >= 11 is 3.20. The number of amides is 1. The van der Waals surface area contributed by atoms with Crippen LogP contribution in [0.2, 0.25) is 0 Å². The maximum absolute atomic E-state index is 11.9. The lowest BCUT2D eigenvalue weighted by Crippen LogP contribution is -2.26. The van der Waals surface area contributed by atoms with E-state index >= 15 is 0 Å². The van der Waals surface area contributed by atoms with E-state index in [2.05, 4.69) is 44.8 Å². The van der Waals surface area contributed by atoms with E-state index in [1.165, 1.54) is 7.11 Å². The third-order valence-corrected chi connectivity index (χ3v) is 3.10. The predicted molar refractivity (Wildman–Crippen MR) is 75.1 cm³/mol. The van der Waals surface area contributed by atoms with Gasteiger partial charge in [0.05, 0.1) is 11.6 Å². The second-order valence-corrected chi connectivity index (χ2v) is 5.31. The molecule has 0 saturated carbocycles. The Morgan fingerprint density at radius 2 is 2.11 bits per heavy atom. The van der Waals surface area contributed by atoms with Gasteiger partial charge in [-0.25, -0.2) is 9.78 Å². The molecule has 0 atom stereocenters. The van der Waals surface area contributed by atoms with Crippen molar-refractivity contribution in [3.63, 3.8) is 0 Å². The van der Waals surface area contributed by atoms with Crippen molar-refractivity contribution in [3.05, 3.63) is 28.0 Å². The van der Waals surface area contributed by atoms with E-state index in [-0.39, 0.29) is 17.3 Å². The van der Waals surface area contributed by atoms with Gasteiger partial charge in [0.2, 0.25) is 0 Å². The summed E-state index contributed by atoms with van der Waals surface area (Å²) in [6, 6.07) is 3.16. The number of hydrogen-bond donors (Lipinski definition) is 1. The molecule has 0 saturated heterocycles. The first-order valence-electron chi connectivity index (χ1n) is 5.98. The highest BCUT2D eigenvalue weighted by Gasteiger charge is 2.16. The Kier molecular flexibility index (Phi) is 5.95. The Morgan fingerprint density at radius 3 is 2.68 bits per heavy atom. The highest BCUT2D eigenvalue weighted by molar-refractivity contribution is 9.10. The summed E-state index contributed by atoms with van der Waals surface area (Å²) in [6.45, 7) is 4.75. The first-order valence-corrected chi connectivity index (χ1v) is 6.78. The molecule has 1 N–H and O–H groups in total. The number of nitrogens with one attached hydrogen (secondary N) is 1. The maximum atomic E-state index is 11.9. The first kappa shape index (κ1) is 15.6. The summed E-state index contributed by atoms with van der Waals surface area (Å²) in [5.41, 5.74) is 0.298. The average Bonchev–Trinajstić information content (AvgIpc) is 2.37. The fourth-order valence-corrected chi connectivity index (χ4v) is 1.76. The molecular weight excluding hydrogens is 312 g/mol. The van der Waals surface area contributed by atoms with Crippen LogP contribution in [0.5, 0.6) is 0 Å². The van der Waals surface area contributed by atoms with E-state index in [9.17, 15) is 9.59 Å². The number of hydrogen-bond acceptors (Lipinski definition) is 4. The molecule has 104 valence electrons. The van der Waals surface area contributed by atoms with Crippen LogP contribution in [0.4, 0.5) is 0 Å². The van der Waals surface area contributed by atoms with E-state index < -0.39 is 5.97 Å². The number of rotatable bonds is 5. The Hall–Kier alpha value is -1.43. The molecule has 1 rings (SSSR count). The van der Waals surface area contributed by atoms with E-state index in [0.29, 0.717) is 16.9 Å². The van der Waals surface area contributed by atoms with Crippen LogP contribution in [0, 0.1) is 5.92 Å². The van der Waals surface area contributed by atoms with E-state index in [0.717, 1.165) is 6.42 Å². The van der Waals surface area contributed by atoms with Gasteiger partial charge in [-0.2, -0.15) is 0 Å². The fourth-order valence-electron chi connectivity index (χ4n) is 1.37. The molecule has 5 nitrogen and oxygen atoms in total. The minimum atomic E-state index is -0.580. The summed E-state index contributed by atoms with van der Waals surface area (Å²) < 4.78 is 5.10. The Morgan fingerprint density at radius 1 is 1.42 bits per heavy atom. The number of carbonyl (C=O) groups excluding carboxylic acids is 2. The van der Waals surface area contributed by atoms with Crippen LogP contribution in [-0.4, -0.2) is 30.5 Å². The fraction of sp³-hybridized carbons (Fsp3) is 0.462. The van der Waals surface area contributed by atoms with Gasteiger partial charge in [0, 0.05) is 6.54 Å². The number of nitrogens with zero attached hydrogens (tertiary/aromatic N) is 1. The molecule has 0 bridgehead atoms. The number of methoxy groups -OCH3 is 1. The molecule has 0 unspecified atom stereocenters. The zero-order valence-electron chi connectivity index (χ0n) is 11.2. The van der Waals surface area contributed by atoms with E-state index in [4.69, 9.17) is 0 Å². The average molecular weight is 329 g/mol. The van der Waals surface area contributed by atoms with Gasteiger partial charge >= 0.3 is 5.97 Å². The second-order valence-electron chi connectivity index (χ2n) is 4.46. The zero-order chi connectivity index (χ0) is 14.4. The minimum Gasteiger partial charge on any atom is -0.464 e. The lowest BCUT2D eigenvalue weighted by molar-refractivity contribution is 0.0592. The topological polar surface area (TPSA) is 68.3 Å². The van der Waals surface area contributed by atoms with Gasteiger partial charge in [-0.15, -0.1) is 0 Å². The first-order chi connectivity index (χ1) is 8.95. The molecule has 0 spiro atoms. The minimum absolute atomic E-state index is 0.0963. The van der Waals surface area contributed by atoms with Crippen LogP contribution < -0.4 is 5.32 Å². The molecule has 1 aromatic heterocycles. The molecule has 0 aliphatic heterocycles. The highest BCUT2D eigenvalue weighted by Crippen LogP contribution is 2.16. The van der Waals surface area contributed by atoms with Crippen molar-refractivity contribution in [1.29, 1.82) is 0 Å². The number of aromatic nitrogens is 1. The molecule has 1 aromatic rings. The third kappa shape index (κ3) is 4.63. The van der Waals surface area contributed by atoms with Crippen LogP contribution in [0.25, 0.3) is 0 Å². The Balaban J connectivity index is 2.78. The predicted octanol–water partition coefficient (Wildman–Crippen LogP) is 2.41. The van der Waals surface area contributed by atoms with Crippen molar-refractivity contribution in [2.24, 2.45) is 5.92 Å². The number of pyridine rings is 1. The standard InChI is InChI=1S/C13H17BrN2O3/c1-8(2)6-7-15-12(17)10-5-4-9(14)11(16-10)13(18)19-3/h4-5,8H,6-7H2,1-3H3,(H,15,17). The lowest BCUT2D eigenvalue weighted by atomic mass is 10.1. The smallest absolute Gasteiger partial charge is 0.357 e. The van der Waals surface area contributed by atoms with Crippen molar-refractivity contribution in [1.82, 2.24) is 10.3 Å². The molecule has 6 heteroatoms. The maximum Gasteiger partial charge on any atom is 0.357 e. The van der Waals surface area contributed by atoms with Gasteiger partial charge in [-0.3, -0.25) is 4.79 Å². The van der Waals surface area contributed by atoms with E-state index in [1.807, 2.05) is 0 Å². The SMILES string of the molecule is COC(=O)c1nc(C(=O)NCCC(C)C)ccc1Br. The Bertz CT molecular complexity index is 475. The zero-order valence-corrected chi connectivity index (χ0v) is 12.8. The van der Waals surface area contributed by atoms with Crippen LogP contribution >= 0.6 is 15.9 Å². The van der Waals surface area contributed by atoms with Crippen molar-refractivity contribution in [2.75, 3.05) is 13.7 Å². The largest absolute Gasteiger partial charge is 0.464 e. The van der Waals surface area contributed by atoms with Gasteiger partial charge in [0.15, 0.2) is 5.69 Å². The molecule has 1 amide bonds. The molecule has 0 aliphatic rings. The van der Waals surface area contributed by atoms with Gasteiger partial charge in [-0.1, -0.05) is 13.8 Å². The van der Waals surface area contributed by atoms with Crippen LogP contribution in [0.3, 0.4) is 0 Å². The van der Waals surface area contributed by atoms with Gasteiger partial charge in [-0.05, 0) is 40.4 Å². The lowest BCUT2D eigenvalue weighted by Gasteiger charge is -2.08. The molecule has 0 radical (unpaired) electrons. The Labute approximate surface area is 120 Å². The second kappa shape index (κ2) is 7.23. The molecule has 0 aromatic carbocycles. The molecule has 0 fully saturated rings. The van der Waals surface area contributed by atoms with Crippen molar-refractivity contribution < 1.29 is 14.3 Å². The molecule has 0 aliphatic carbocycles. The monoisotopic (exact) mass is 328 g/mol. The number of carbonyl (C=O) groups is 2. The summed E-state index contributed by atoms with van der Waals surface area (Å²) in [5, 5.41) is 2.77. The number of halogens is 1. The van der Waals surface area contributed by atoms with Crippen LogP contribution in [0.15, 0.2) is 16.6 Å². The summed E-state index contributed by atoms with van der Waals surface area (Å²) in [5.74, 6) is -0.356. The highest BCUT2D eigenvalue weighted by atomic mass is 79.9. The quantitative estimate of drug-likeness (QED) is 0.843.